The van der Waals surface area contributed by atoms with Crippen molar-refractivity contribution >= 4 is 15.8 Å². The van der Waals surface area contributed by atoms with Crippen molar-refractivity contribution in [2.45, 2.75) is 5.75 Å². The fourth-order valence-electron chi connectivity index (χ4n) is 1.61. The summed E-state index contributed by atoms with van der Waals surface area (Å²) >= 11 is 0. The van der Waals surface area contributed by atoms with Gasteiger partial charge in [0.15, 0.2) is 0 Å². The van der Waals surface area contributed by atoms with Crippen molar-refractivity contribution in [3.05, 3.63) is 70.0 Å². The Labute approximate surface area is 120 Å². The first kappa shape index (κ1) is 14.9. The van der Waals surface area contributed by atoms with Gasteiger partial charge in [0.25, 0.3) is 5.69 Å². The van der Waals surface area contributed by atoms with Crippen LogP contribution >= 0.6 is 0 Å². The lowest BCUT2D eigenvalue weighted by Crippen LogP contribution is -2.12. The third-order valence-electron chi connectivity index (χ3n) is 2.51. The van der Waals surface area contributed by atoms with Crippen molar-refractivity contribution < 1.29 is 21.9 Å². The molecule has 0 atom stereocenters. The van der Waals surface area contributed by atoms with Crippen molar-refractivity contribution in [1.82, 2.24) is 0 Å². The molecule has 0 saturated heterocycles. The number of non-ortho nitro benzene ring substituents is 1. The van der Waals surface area contributed by atoms with Gasteiger partial charge in [-0.3, -0.25) is 10.1 Å². The number of nitrogens with zero attached hydrogens (tertiary/aromatic N) is 1. The van der Waals surface area contributed by atoms with Crippen LogP contribution in [0.15, 0.2) is 48.5 Å². The standard InChI is InChI=1S/C13H10FNO5S/c14-11-2-1-3-13(8-11)20-21(18,19)9-10-4-6-12(7-5-10)15(16)17/h1-8H,9H2. The van der Waals surface area contributed by atoms with E-state index in [4.69, 9.17) is 4.18 Å². The highest BCUT2D eigenvalue weighted by atomic mass is 32.2. The molecule has 0 N–H and O–H groups in total. The zero-order valence-corrected chi connectivity index (χ0v) is 11.4. The molecule has 0 aliphatic rings. The van der Waals surface area contributed by atoms with Gasteiger partial charge in [-0.15, -0.1) is 0 Å². The maximum Gasteiger partial charge on any atom is 0.313 e. The van der Waals surface area contributed by atoms with E-state index in [1.54, 1.807) is 0 Å². The molecule has 0 radical (unpaired) electrons. The van der Waals surface area contributed by atoms with Crippen molar-refractivity contribution in [2.24, 2.45) is 0 Å². The molecule has 0 spiro atoms. The Morgan fingerprint density at radius 3 is 2.38 bits per heavy atom. The average Bonchev–Trinajstić information content (AvgIpc) is 2.38. The van der Waals surface area contributed by atoms with Crippen LogP contribution in [0.25, 0.3) is 0 Å². The van der Waals surface area contributed by atoms with Gasteiger partial charge in [-0.2, -0.15) is 8.42 Å². The minimum atomic E-state index is -3.97. The van der Waals surface area contributed by atoms with Gasteiger partial charge in [0.2, 0.25) is 0 Å². The van der Waals surface area contributed by atoms with Crippen molar-refractivity contribution in [1.29, 1.82) is 0 Å². The minimum absolute atomic E-state index is 0.128. The first-order valence-corrected chi connectivity index (χ1v) is 7.34. The topological polar surface area (TPSA) is 86.5 Å². The molecule has 0 fully saturated rings. The molecule has 0 unspecified atom stereocenters. The number of benzene rings is 2. The van der Waals surface area contributed by atoms with Crippen LogP contribution in [0.1, 0.15) is 5.56 Å². The Balaban J connectivity index is 2.12. The first-order chi connectivity index (χ1) is 9.85. The molecule has 0 heterocycles. The van der Waals surface area contributed by atoms with E-state index >= 15 is 0 Å². The molecule has 8 heteroatoms. The summed E-state index contributed by atoms with van der Waals surface area (Å²) < 4.78 is 41.4. The molecule has 0 bridgehead atoms. The third kappa shape index (κ3) is 4.25. The molecule has 2 aromatic rings. The second-order valence-corrected chi connectivity index (χ2v) is 5.74. The van der Waals surface area contributed by atoms with Crippen LogP contribution in [0, 0.1) is 15.9 Å². The van der Waals surface area contributed by atoms with Crippen LogP contribution in [0.3, 0.4) is 0 Å². The molecule has 0 aliphatic carbocycles. The molecule has 0 aromatic heterocycles. The van der Waals surface area contributed by atoms with Crippen molar-refractivity contribution in [3.8, 4) is 5.75 Å². The van der Waals surface area contributed by atoms with Gasteiger partial charge in [-0.25, -0.2) is 4.39 Å². The average molecular weight is 311 g/mol. The first-order valence-electron chi connectivity index (χ1n) is 5.77. The Hall–Kier alpha value is -2.48. The van der Waals surface area contributed by atoms with Crippen molar-refractivity contribution in [2.75, 3.05) is 0 Å². The van der Waals surface area contributed by atoms with E-state index in [0.29, 0.717) is 5.56 Å². The summed E-state index contributed by atoms with van der Waals surface area (Å²) in [6.07, 6.45) is 0. The van der Waals surface area contributed by atoms with E-state index in [-0.39, 0.29) is 11.4 Å². The van der Waals surface area contributed by atoms with Gasteiger partial charge in [0, 0.05) is 18.2 Å². The summed E-state index contributed by atoms with van der Waals surface area (Å²) in [6, 6.07) is 9.81. The quantitative estimate of drug-likeness (QED) is 0.481. The second-order valence-electron chi connectivity index (χ2n) is 4.17. The molecule has 0 amide bonds. The predicted molar refractivity (Wildman–Crippen MR) is 72.7 cm³/mol. The molecular formula is C13H10FNO5S. The summed E-state index contributed by atoms with van der Waals surface area (Å²) in [5.74, 6) is -1.21. The lowest BCUT2D eigenvalue weighted by Gasteiger charge is -2.07. The normalized spacial score (nSPS) is 11.1. The summed E-state index contributed by atoms with van der Waals surface area (Å²) in [4.78, 5) is 9.92. The number of nitro benzene ring substituents is 1. The van der Waals surface area contributed by atoms with Crippen LogP contribution in [0.2, 0.25) is 0 Å². The molecule has 110 valence electrons. The largest absolute Gasteiger partial charge is 0.382 e. The highest BCUT2D eigenvalue weighted by molar-refractivity contribution is 7.86. The molecule has 6 nitrogen and oxygen atoms in total. The number of halogens is 1. The van der Waals surface area contributed by atoms with Gasteiger partial charge in [0.1, 0.15) is 17.3 Å². The van der Waals surface area contributed by atoms with Gasteiger partial charge < -0.3 is 4.18 Å². The molecule has 0 aliphatic heterocycles. The Morgan fingerprint density at radius 1 is 1.14 bits per heavy atom. The van der Waals surface area contributed by atoms with Gasteiger partial charge in [-0.05, 0) is 17.7 Å². The Bertz CT molecular complexity index is 758. The smallest absolute Gasteiger partial charge is 0.313 e. The monoisotopic (exact) mass is 311 g/mol. The highest BCUT2D eigenvalue weighted by Crippen LogP contribution is 2.18. The maximum absolute atomic E-state index is 13.0. The van der Waals surface area contributed by atoms with E-state index in [0.717, 1.165) is 12.1 Å². The SMILES string of the molecule is O=[N+]([O-])c1ccc(CS(=O)(=O)Oc2cccc(F)c2)cc1. The van der Waals surface area contributed by atoms with Crippen LogP contribution in [0.5, 0.6) is 5.75 Å². The van der Waals surface area contributed by atoms with Crippen molar-refractivity contribution in [3.63, 3.8) is 0 Å². The van der Waals surface area contributed by atoms with E-state index in [2.05, 4.69) is 0 Å². The predicted octanol–water partition coefficient (Wildman–Crippen LogP) is 2.64. The van der Waals surface area contributed by atoms with Gasteiger partial charge in [0.05, 0.1) is 4.92 Å². The minimum Gasteiger partial charge on any atom is -0.382 e. The number of hydrogen-bond acceptors (Lipinski definition) is 5. The van der Waals surface area contributed by atoms with Crippen LogP contribution in [-0.2, 0) is 15.9 Å². The van der Waals surface area contributed by atoms with Gasteiger partial charge >= 0.3 is 10.1 Å². The summed E-state index contributed by atoms with van der Waals surface area (Å²) in [6.45, 7) is 0. The number of hydrogen-bond donors (Lipinski definition) is 0. The highest BCUT2D eigenvalue weighted by Gasteiger charge is 2.15. The maximum atomic E-state index is 13.0. The van der Waals surface area contributed by atoms with Gasteiger partial charge in [-0.1, -0.05) is 18.2 Å². The fourth-order valence-corrected chi connectivity index (χ4v) is 2.67. The zero-order chi connectivity index (χ0) is 15.5. The van der Waals surface area contributed by atoms with E-state index in [1.807, 2.05) is 0 Å². The van der Waals surface area contributed by atoms with E-state index < -0.39 is 26.6 Å². The number of rotatable bonds is 5. The third-order valence-corrected chi connectivity index (χ3v) is 3.64. The Morgan fingerprint density at radius 2 is 1.81 bits per heavy atom. The lowest BCUT2D eigenvalue weighted by atomic mass is 10.2. The molecule has 0 saturated carbocycles. The Kier molecular flexibility index (Phi) is 4.18. The van der Waals surface area contributed by atoms with E-state index in [1.165, 1.54) is 36.4 Å². The second kappa shape index (κ2) is 5.88. The summed E-state index contributed by atoms with van der Waals surface area (Å²) in [5, 5.41) is 10.5. The molecule has 2 rings (SSSR count). The fraction of sp³-hybridized carbons (Fsp3) is 0.0769. The van der Waals surface area contributed by atoms with Crippen LogP contribution in [-0.4, -0.2) is 13.3 Å². The summed E-state index contributed by atoms with van der Waals surface area (Å²) in [5.41, 5.74) is 0.194. The van der Waals surface area contributed by atoms with E-state index in [9.17, 15) is 22.9 Å². The summed E-state index contributed by atoms with van der Waals surface area (Å²) in [7, 11) is -3.97. The van der Waals surface area contributed by atoms with Crippen LogP contribution in [0.4, 0.5) is 10.1 Å². The molecular weight excluding hydrogens is 301 g/mol. The lowest BCUT2D eigenvalue weighted by molar-refractivity contribution is -0.384. The molecule has 2 aromatic carbocycles. The van der Waals surface area contributed by atoms with Crippen LogP contribution < -0.4 is 4.18 Å². The zero-order valence-electron chi connectivity index (χ0n) is 10.6. The number of nitro groups is 1. The molecule has 21 heavy (non-hydrogen) atoms.